The summed E-state index contributed by atoms with van der Waals surface area (Å²) >= 11 is 0. The number of hydrogen-bond donors (Lipinski definition) is 1. The Hall–Kier alpha value is -4.91. The van der Waals surface area contributed by atoms with Gasteiger partial charge < -0.3 is 19.7 Å². The van der Waals surface area contributed by atoms with E-state index in [1.54, 1.807) is 30.3 Å². The largest absolute Gasteiger partial charge is 0.492 e. The summed E-state index contributed by atoms with van der Waals surface area (Å²) in [6.45, 7) is 2.84. The van der Waals surface area contributed by atoms with Crippen LogP contribution in [0.25, 0.3) is 0 Å². The van der Waals surface area contributed by atoms with Gasteiger partial charge >= 0.3 is 5.97 Å². The molecule has 7 heteroatoms. The van der Waals surface area contributed by atoms with Gasteiger partial charge in [-0.15, -0.1) is 0 Å². The van der Waals surface area contributed by atoms with E-state index < -0.39 is 12.0 Å². The predicted octanol–water partition coefficient (Wildman–Crippen LogP) is 7.02. The number of benzene rings is 4. The zero-order valence-corrected chi connectivity index (χ0v) is 25.9. The van der Waals surface area contributed by atoms with E-state index in [0.29, 0.717) is 42.1 Å². The molecule has 0 bridgehead atoms. The molecule has 0 heterocycles. The van der Waals surface area contributed by atoms with Crippen molar-refractivity contribution >= 4 is 29.0 Å². The van der Waals surface area contributed by atoms with Crippen molar-refractivity contribution in [3.63, 3.8) is 0 Å². The van der Waals surface area contributed by atoms with Crippen LogP contribution in [0.4, 0.5) is 11.4 Å². The van der Waals surface area contributed by atoms with Crippen LogP contribution < -0.4 is 15.0 Å². The molecule has 0 aromatic heterocycles. The number of para-hydroxylation sites is 1. The Bertz CT molecular complexity index is 1600. The molecule has 4 aromatic carbocycles. The van der Waals surface area contributed by atoms with Crippen molar-refractivity contribution in [2.75, 3.05) is 30.5 Å². The molecule has 0 saturated heterocycles. The lowest BCUT2D eigenvalue weighted by Crippen LogP contribution is -2.38. The number of nitrogens with zero attached hydrogens (tertiary/aromatic N) is 1. The molecule has 45 heavy (non-hydrogen) atoms. The Balaban J connectivity index is 1.23. The van der Waals surface area contributed by atoms with Gasteiger partial charge in [0.15, 0.2) is 5.78 Å². The maximum absolute atomic E-state index is 13.4. The van der Waals surface area contributed by atoms with E-state index in [0.717, 1.165) is 42.5 Å². The molecule has 0 spiro atoms. The molecule has 1 N–H and O–H groups in total. The molecule has 1 saturated carbocycles. The Labute approximate surface area is 265 Å². The van der Waals surface area contributed by atoms with Crippen molar-refractivity contribution in [1.29, 1.82) is 0 Å². The highest BCUT2D eigenvalue weighted by molar-refractivity contribution is 6.12. The molecule has 0 unspecified atom stereocenters. The third-order valence-corrected chi connectivity index (χ3v) is 8.25. The molecule has 7 nitrogen and oxygen atoms in total. The maximum Gasteiger partial charge on any atom is 0.328 e. The monoisotopic (exact) mass is 604 g/mol. The first kappa shape index (κ1) is 31.5. The van der Waals surface area contributed by atoms with Gasteiger partial charge in [0, 0.05) is 34.8 Å². The van der Waals surface area contributed by atoms with Crippen molar-refractivity contribution in [3.05, 3.63) is 125 Å². The van der Waals surface area contributed by atoms with Crippen LogP contribution in [0.1, 0.15) is 52.7 Å². The second-order valence-corrected chi connectivity index (χ2v) is 11.5. The molecule has 1 aliphatic rings. The van der Waals surface area contributed by atoms with Crippen molar-refractivity contribution in [2.24, 2.45) is 5.92 Å². The van der Waals surface area contributed by atoms with Crippen LogP contribution in [0, 0.1) is 12.8 Å². The van der Waals surface area contributed by atoms with Crippen molar-refractivity contribution in [3.8, 4) is 5.75 Å². The minimum Gasteiger partial charge on any atom is -0.492 e. The molecule has 1 fully saturated rings. The molecule has 5 rings (SSSR count). The minimum atomic E-state index is -0.712. The average molecular weight is 605 g/mol. The number of amides is 1. The van der Waals surface area contributed by atoms with E-state index in [1.807, 2.05) is 84.6 Å². The van der Waals surface area contributed by atoms with E-state index >= 15 is 0 Å². The molecule has 1 amide bonds. The summed E-state index contributed by atoms with van der Waals surface area (Å²) in [7, 11) is 1.35. The summed E-state index contributed by atoms with van der Waals surface area (Å²) in [5.41, 5.74) is 4.52. The predicted molar refractivity (Wildman–Crippen MR) is 177 cm³/mol. The summed E-state index contributed by atoms with van der Waals surface area (Å²) in [5.74, 6) is 0.364. The van der Waals surface area contributed by atoms with E-state index in [9.17, 15) is 14.4 Å². The number of ketones is 1. The van der Waals surface area contributed by atoms with Crippen LogP contribution in [-0.4, -0.2) is 44.0 Å². The van der Waals surface area contributed by atoms with Crippen molar-refractivity contribution in [1.82, 2.24) is 0 Å². The Kier molecular flexibility index (Phi) is 10.6. The standard InChI is InChI=1S/C38H40N2O5/c1-27-11-10-16-31(25-27)40(37(42)30-14-6-7-15-30)23-24-45-32-21-19-28(20-22-32)26-35(38(43)44-2)39-34-18-9-8-17-33(34)36(41)29-12-4-3-5-13-29/h3-5,8-13,16-22,25,30,35,39H,6-7,14-15,23-24,26H2,1-2H3/t35-/m0/s1. The number of methoxy groups -OCH3 is 1. The highest BCUT2D eigenvalue weighted by Gasteiger charge is 2.28. The van der Waals surface area contributed by atoms with Gasteiger partial charge in [-0.1, -0.05) is 79.6 Å². The Morgan fingerprint density at radius 2 is 1.58 bits per heavy atom. The summed E-state index contributed by atoms with van der Waals surface area (Å²) < 4.78 is 11.2. The van der Waals surface area contributed by atoms with E-state index in [2.05, 4.69) is 5.32 Å². The third kappa shape index (κ3) is 8.18. The van der Waals surface area contributed by atoms with Crippen LogP contribution in [0.3, 0.4) is 0 Å². The number of aryl methyl sites for hydroxylation is 1. The normalized spacial score (nSPS) is 13.6. The Morgan fingerprint density at radius 1 is 0.867 bits per heavy atom. The third-order valence-electron chi connectivity index (χ3n) is 8.25. The number of carbonyl (C=O) groups is 3. The molecule has 232 valence electrons. The Morgan fingerprint density at radius 3 is 2.29 bits per heavy atom. The number of ether oxygens (including phenoxy) is 2. The number of nitrogens with one attached hydrogen (secondary N) is 1. The van der Waals surface area contributed by atoms with Crippen LogP contribution in [-0.2, 0) is 20.7 Å². The summed E-state index contributed by atoms with van der Waals surface area (Å²) in [4.78, 5) is 41.3. The van der Waals surface area contributed by atoms with Gasteiger partial charge in [-0.05, 0) is 67.3 Å². The second kappa shape index (κ2) is 15.2. The van der Waals surface area contributed by atoms with Gasteiger partial charge in [0.1, 0.15) is 18.4 Å². The van der Waals surface area contributed by atoms with Crippen LogP contribution in [0.15, 0.2) is 103 Å². The molecule has 4 aromatic rings. The molecule has 1 aliphatic carbocycles. The zero-order valence-electron chi connectivity index (χ0n) is 25.9. The smallest absolute Gasteiger partial charge is 0.328 e. The zero-order chi connectivity index (χ0) is 31.6. The highest BCUT2D eigenvalue weighted by atomic mass is 16.5. The first-order valence-electron chi connectivity index (χ1n) is 15.6. The first-order valence-corrected chi connectivity index (χ1v) is 15.6. The van der Waals surface area contributed by atoms with Gasteiger partial charge in [0.25, 0.3) is 0 Å². The number of carbonyl (C=O) groups excluding carboxylic acids is 3. The lowest BCUT2D eigenvalue weighted by atomic mass is 10.00. The summed E-state index contributed by atoms with van der Waals surface area (Å²) in [5, 5.41) is 3.25. The van der Waals surface area contributed by atoms with Crippen molar-refractivity contribution in [2.45, 2.75) is 45.1 Å². The van der Waals surface area contributed by atoms with Crippen molar-refractivity contribution < 1.29 is 23.9 Å². The van der Waals surface area contributed by atoms with Gasteiger partial charge in [-0.2, -0.15) is 0 Å². The fraction of sp³-hybridized carbons (Fsp3) is 0.289. The molecular formula is C38H40N2O5. The van der Waals surface area contributed by atoms with Gasteiger partial charge in [-0.3, -0.25) is 9.59 Å². The fourth-order valence-corrected chi connectivity index (χ4v) is 5.84. The molecule has 1 atom stereocenters. The number of hydrogen-bond acceptors (Lipinski definition) is 6. The molecule has 0 radical (unpaired) electrons. The average Bonchev–Trinajstić information content (AvgIpc) is 3.62. The summed E-state index contributed by atoms with van der Waals surface area (Å²) in [6, 6.07) is 31.1. The molecular weight excluding hydrogens is 564 g/mol. The summed E-state index contributed by atoms with van der Waals surface area (Å²) in [6.07, 6.45) is 4.44. The van der Waals surface area contributed by atoms with Gasteiger partial charge in [-0.25, -0.2) is 4.79 Å². The van der Waals surface area contributed by atoms with Crippen LogP contribution in [0.2, 0.25) is 0 Å². The van der Waals surface area contributed by atoms with Crippen LogP contribution in [0.5, 0.6) is 5.75 Å². The van der Waals surface area contributed by atoms with Gasteiger partial charge in [0.2, 0.25) is 5.91 Å². The second-order valence-electron chi connectivity index (χ2n) is 11.5. The fourth-order valence-electron chi connectivity index (χ4n) is 5.84. The lowest BCUT2D eigenvalue weighted by Gasteiger charge is -2.26. The topological polar surface area (TPSA) is 84.9 Å². The SMILES string of the molecule is COC(=O)[C@H](Cc1ccc(OCCN(C(=O)C2CCCC2)c2cccc(C)c2)cc1)Nc1ccccc1C(=O)c1ccccc1. The number of anilines is 2. The maximum atomic E-state index is 13.4. The highest BCUT2D eigenvalue weighted by Crippen LogP contribution is 2.29. The number of esters is 1. The lowest BCUT2D eigenvalue weighted by molar-refractivity contribution is -0.141. The number of rotatable bonds is 13. The molecule has 0 aliphatic heterocycles. The van der Waals surface area contributed by atoms with Crippen LogP contribution >= 0.6 is 0 Å². The minimum absolute atomic E-state index is 0.0737. The van der Waals surface area contributed by atoms with E-state index in [4.69, 9.17) is 9.47 Å². The van der Waals surface area contributed by atoms with Gasteiger partial charge in [0.05, 0.1) is 13.7 Å². The quantitative estimate of drug-likeness (QED) is 0.130. The van der Waals surface area contributed by atoms with E-state index in [-0.39, 0.29) is 17.6 Å². The first-order chi connectivity index (χ1) is 21.9. The van der Waals surface area contributed by atoms with E-state index in [1.165, 1.54) is 7.11 Å².